The number of nitrogens with one attached hydrogen (secondary N) is 1. The molecule has 2 N–H and O–H groups in total. The van der Waals surface area contributed by atoms with Crippen LogP contribution in [0, 0.1) is 0 Å². The van der Waals surface area contributed by atoms with Crippen molar-refractivity contribution in [2.75, 3.05) is 38.3 Å². The second-order valence-electron chi connectivity index (χ2n) is 4.99. The number of aliphatic hydroxyl groups is 1. The Balaban J connectivity index is 2.04. The smallest absolute Gasteiger partial charge is 0.0637 e. The molecule has 0 aliphatic heterocycles. The Kier molecular flexibility index (Phi) is 5.63. The molecule has 1 aromatic rings. The van der Waals surface area contributed by atoms with E-state index in [1.807, 2.05) is 6.07 Å². The van der Waals surface area contributed by atoms with Gasteiger partial charge in [0.15, 0.2) is 0 Å². The largest absolute Gasteiger partial charge is 0.395 e. The van der Waals surface area contributed by atoms with Crippen LogP contribution in [0.2, 0.25) is 0 Å². The van der Waals surface area contributed by atoms with Gasteiger partial charge >= 0.3 is 0 Å². The van der Waals surface area contributed by atoms with E-state index in [2.05, 4.69) is 28.4 Å². The second kappa shape index (κ2) is 7.48. The lowest BCUT2D eigenvalue weighted by Crippen LogP contribution is -2.31. The van der Waals surface area contributed by atoms with Crippen LogP contribution in [0.4, 0.5) is 5.69 Å². The molecule has 19 heavy (non-hydrogen) atoms. The van der Waals surface area contributed by atoms with Crippen LogP contribution in [0.5, 0.6) is 0 Å². The van der Waals surface area contributed by atoms with Crippen LogP contribution in [-0.4, -0.2) is 44.6 Å². The molecule has 106 valence electrons. The molecular weight excluding hydrogens is 240 g/mol. The monoisotopic (exact) mass is 264 g/mol. The summed E-state index contributed by atoms with van der Waals surface area (Å²) in [5, 5.41) is 12.8. The molecular formula is C15H24N2O2. The molecule has 0 aromatic heterocycles. The Morgan fingerprint density at radius 3 is 2.79 bits per heavy atom. The predicted octanol–water partition coefficient (Wildman–Crippen LogP) is 1.38. The fourth-order valence-corrected chi connectivity index (χ4v) is 2.19. The molecule has 0 unspecified atom stereocenters. The molecule has 2 rings (SSSR count). The molecule has 0 radical (unpaired) electrons. The number of rotatable bonds is 9. The molecule has 0 amide bonds. The molecule has 4 nitrogen and oxygen atoms in total. The van der Waals surface area contributed by atoms with Gasteiger partial charge in [0.05, 0.1) is 13.2 Å². The van der Waals surface area contributed by atoms with Gasteiger partial charge in [0.2, 0.25) is 0 Å². The maximum atomic E-state index is 9.22. The summed E-state index contributed by atoms with van der Waals surface area (Å²) in [6.45, 7) is 3.18. The highest BCUT2D eigenvalue weighted by atomic mass is 16.5. The zero-order valence-electron chi connectivity index (χ0n) is 11.6. The van der Waals surface area contributed by atoms with Crippen molar-refractivity contribution >= 4 is 5.69 Å². The van der Waals surface area contributed by atoms with Crippen molar-refractivity contribution in [2.45, 2.75) is 25.4 Å². The lowest BCUT2D eigenvalue weighted by molar-refractivity contribution is 0.203. The summed E-state index contributed by atoms with van der Waals surface area (Å²) in [4.78, 5) is 2.19. The highest BCUT2D eigenvalue weighted by Gasteiger charge is 2.20. The Labute approximate surface area is 115 Å². The summed E-state index contributed by atoms with van der Waals surface area (Å²) < 4.78 is 5.15. The maximum Gasteiger partial charge on any atom is 0.0637 e. The minimum absolute atomic E-state index is 0.161. The van der Waals surface area contributed by atoms with E-state index in [-0.39, 0.29) is 6.61 Å². The molecule has 0 spiro atoms. The first-order valence-electron chi connectivity index (χ1n) is 7.01. The Morgan fingerprint density at radius 2 is 2.11 bits per heavy atom. The SMILES string of the molecule is COCCN(CCO)c1ccccc1CNC1CC1. The van der Waals surface area contributed by atoms with Crippen LogP contribution in [0.1, 0.15) is 18.4 Å². The van der Waals surface area contributed by atoms with Crippen LogP contribution >= 0.6 is 0 Å². The van der Waals surface area contributed by atoms with Gasteiger partial charge in [0.25, 0.3) is 0 Å². The summed E-state index contributed by atoms with van der Waals surface area (Å²) in [5.41, 5.74) is 2.49. The predicted molar refractivity (Wildman–Crippen MR) is 77.5 cm³/mol. The fourth-order valence-electron chi connectivity index (χ4n) is 2.19. The Bertz CT molecular complexity index is 380. The third kappa shape index (κ3) is 4.49. The van der Waals surface area contributed by atoms with E-state index in [0.717, 1.165) is 13.1 Å². The number of benzene rings is 1. The highest BCUT2D eigenvalue weighted by Crippen LogP contribution is 2.23. The van der Waals surface area contributed by atoms with E-state index in [9.17, 15) is 5.11 Å². The number of aliphatic hydroxyl groups excluding tert-OH is 1. The standard InChI is InChI=1S/C15H24N2O2/c1-19-11-9-17(8-10-18)15-5-3-2-4-13(15)12-16-14-6-7-14/h2-5,14,16,18H,6-12H2,1H3. The van der Waals surface area contributed by atoms with Gasteiger partial charge in [0.1, 0.15) is 0 Å². The van der Waals surface area contributed by atoms with Crippen molar-refractivity contribution in [3.63, 3.8) is 0 Å². The zero-order valence-corrected chi connectivity index (χ0v) is 11.6. The molecule has 1 aliphatic rings. The van der Waals surface area contributed by atoms with Crippen LogP contribution < -0.4 is 10.2 Å². The average Bonchev–Trinajstić information content (AvgIpc) is 3.26. The normalized spacial score (nSPS) is 14.6. The van der Waals surface area contributed by atoms with Gasteiger partial charge in [-0.1, -0.05) is 18.2 Å². The third-order valence-electron chi connectivity index (χ3n) is 3.43. The second-order valence-corrected chi connectivity index (χ2v) is 4.99. The quantitative estimate of drug-likeness (QED) is 0.707. The lowest BCUT2D eigenvalue weighted by Gasteiger charge is -2.26. The number of anilines is 1. The van der Waals surface area contributed by atoms with E-state index in [1.165, 1.54) is 24.1 Å². The maximum absolute atomic E-state index is 9.22. The van der Waals surface area contributed by atoms with Crippen molar-refractivity contribution in [3.05, 3.63) is 29.8 Å². The number of hydrogen-bond donors (Lipinski definition) is 2. The molecule has 0 heterocycles. The van der Waals surface area contributed by atoms with E-state index < -0.39 is 0 Å². The van der Waals surface area contributed by atoms with Gasteiger partial charge in [-0.25, -0.2) is 0 Å². The third-order valence-corrected chi connectivity index (χ3v) is 3.43. The van der Waals surface area contributed by atoms with Crippen LogP contribution in [0.3, 0.4) is 0 Å². The molecule has 1 aliphatic carbocycles. The van der Waals surface area contributed by atoms with Crippen molar-refractivity contribution in [2.24, 2.45) is 0 Å². The minimum Gasteiger partial charge on any atom is -0.395 e. The van der Waals surface area contributed by atoms with Gasteiger partial charge in [-0.3, -0.25) is 0 Å². The van der Waals surface area contributed by atoms with E-state index >= 15 is 0 Å². The minimum atomic E-state index is 0.161. The summed E-state index contributed by atoms with van der Waals surface area (Å²) >= 11 is 0. The average molecular weight is 264 g/mol. The Morgan fingerprint density at radius 1 is 1.32 bits per heavy atom. The summed E-state index contributed by atoms with van der Waals surface area (Å²) in [6, 6.07) is 9.10. The molecule has 0 atom stereocenters. The molecule has 1 aromatic carbocycles. The van der Waals surface area contributed by atoms with Gasteiger partial charge < -0.3 is 20.1 Å². The van der Waals surface area contributed by atoms with Gasteiger partial charge in [-0.05, 0) is 24.5 Å². The summed E-state index contributed by atoms with van der Waals surface area (Å²) in [5.74, 6) is 0. The first-order valence-corrected chi connectivity index (χ1v) is 7.01. The highest BCUT2D eigenvalue weighted by molar-refractivity contribution is 5.53. The zero-order chi connectivity index (χ0) is 13.5. The molecule has 1 fully saturated rings. The first-order chi connectivity index (χ1) is 9.35. The Hall–Kier alpha value is -1.10. The summed E-state index contributed by atoms with van der Waals surface area (Å²) in [7, 11) is 1.71. The van der Waals surface area contributed by atoms with Crippen LogP contribution in [0.25, 0.3) is 0 Å². The van der Waals surface area contributed by atoms with E-state index in [4.69, 9.17) is 4.74 Å². The molecule has 4 heteroatoms. The number of ether oxygens (including phenoxy) is 1. The van der Waals surface area contributed by atoms with E-state index in [1.54, 1.807) is 7.11 Å². The lowest BCUT2D eigenvalue weighted by atomic mass is 10.1. The van der Waals surface area contributed by atoms with Crippen molar-refractivity contribution < 1.29 is 9.84 Å². The number of para-hydroxylation sites is 1. The molecule has 1 saturated carbocycles. The summed E-state index contributed by atoms with van der Waals surface area (Å²) in [6.07, 6.45) is 2.60. The fraction of sp³-hybridized carbons (Fsp3) is 0.600. The van der Waals surface area contributed by atoms with Gasteiger partial charge in [-0.15, -0.1) is 0 Å². The van der Waals surface area contributed by atoms with Crippen molar-refractivity contribution in [1.82, 2.24) is 5.32 Å². The van der Waals surface area contributed by atoms with Crippen LogP contribution in [-0.2, 0) is 11.3 Å². The van der Waals surface area contributed by atoms with E-state index in [0.29, 0.717) is 19.2 Å². The van der Waals surface area contributed by atoms with Crippen molar-refractivity contribution in [3.8, 4) is 0 Å². The number of methoxy groups -OCH3 is 1. The van der Waals surface area contributed by atoms with Crippen molar-refractivity contribution in [1.29, 1.82) is 0 Å². The number of nitrogens with zero attached hydrogens (tertiary/aromatic N) is 1. The van der Waals surface area contributed by atoms with Gasteiger partial charge in [-0.2, -0.15) is 0 Å². The number of hydrogen-bond acceptors (Lipinski definition) is 4. The first kappa shape index (κ1) is 14.3. The topological polar surface area (TPSA) is 44.7 Å². The molecule has 0 saturated heterocycles. The molecule has 0 bridgehead atoms. The van der Waals surface area contributed by atoms with Gasteiger partial charge in [0, 0.05) is 38.5 Å². The van der Waals surface area contributed by atoms with Crippen LogP contribution in [0.15, 0.2) is 24.3 Å².